The maximum absolute atomic E-state index is 12.9. The Morgan fingerprint density at radius 2 is 0.983 bits per heavy atom. The molecule has 9 N–H and O–H groups in total. The number of rotatable bonds is 37. The highest BCUT2D eigenvalue weighted by Gasteiger charge is 2.51. The molecule has 0 heterocycles. The molecule has 1 rings (SSSR count). The second kappa shape index (κ2) is 35.7. The summed E-state index contributed by atoms with van der Waals surface area (Å²) in [6.07, 6.45) is 27.9. The number of aliphatic hydroxyl groups excluding tert-OH is 7. The molecule has 350 valence electrons. The predicted octanol–water partition coefficient (Wildman–Crippen LogP) is 7.53. The third-order valence-corrected chi connectivity index (χ3v) is 11.8. The third kappa shape index (κ3) is 27.3. The van der Waals surface area contributed by atoms with Gasteiger partial charge in [-0.15, -0.1) is 0 Å². The molecule has 1 amide bonds. The fraction of sp³-hybridized carbons (Fsp3) is 0.804. The van der Waals surface area contributed by atoms with Crippen LogP contribution in [0.4, 0.5) is 0 Å². The second-order valence-electron chi connectivity index (χ2n) is 16.4. The lowest BCUT2D eigenvalue weighted by Crippen LogP contribution is -2.64. The van der Waals surface area contributed by atoms with E-state index in [1.807, 2.05) is 0 Å². The average molecular weight is 874 g/mol. The van der Waals surface area contributed by atoms with Crippen LogP contribution >= 0.6 is 7.82 Å². The smallest absolute Gasteiger partial charge is 0.393 e. The number of unbranched alkanes of at least 4 members (excludes halogenated alkanes) is 18. The number of carbonyl (C=O) groups excluding carboxylic acids is 1. The fourth-order valence-electron chi connectivity index (χ4n) is 7.03. The molecule has 8 unspecified atom stereocenters. The molecule has 0 radical (unpaired) electrons. The van der Waals surface area contributed by atoms with E-state index in [4.69, 9.17) is 9.05 Å². The molecule has 1 aliphatic carbocycles. The van der Waals surface area contributed by atoms with E-state index >= 15 is 0 Å². The van der Waals surface area contributed by atoms with E-state index in [2.05, 4.69) is 55.6 Å². The summed E-state index contributed by atoms with van der Waals surface area (Å²) in [7, 11) is -5.15. The Kier molecular flexibility index (Phi) is 33.5. The predicted molar refractivity (Wildman–Crippen MR) is 238 cm³/mol. The number of carbonyl (C=O) groups is 1. The van der Waals surface area contributed by atoms with Gasteiger partial charge in [-0.3, -0.25) is 13.8 Å². The molecule has 1 aliphatic rings. The maximum Gasteiger partial charge on any atom is 0.472 e. The van der Waals surface area contributed by atoms with Crippen molar-refractivity contribution < 1.29 is 59.0 Å². The van der Waals surface area contributed by atoms with Gasteiger partial charge in [0, 0.05) is 0 Å². The summed E-state index contributed by atoms with van der Waals surface area (Å²) >= 11 is 0. The van der Waals surface area contributed by atoms with Crippen molar-refractivity contribution in [3.8, 4) is 0 Å². The highest BCUT2D eigenvalue weighted by molar-refractivity contribution is 7.47. The van der Waals surface area contributed by atoms with Gasteiger partial charge < -0.3 is 46.0 Å². The highest BCUT2D eigenvalue weighted by atomic mass is 31.2. The zero-order valence-corrected chi connectivity index (χ0v) is 37.8. The van der Waals surface area contributed by atoms with Crippen molar-refractivity contribution >= 4 is 13.7 Å². The van der Waals surface area contributed by atoms with Crippen molar-refractivity contribution in [3.63, 3.8) is 0 Å². The van der Waals surface area contributed by atoms with Gasteiger partial charge in [-0.25, -0.2) is 4.57 Å². The minimum absolute atomic E-state index is 0.268. The van der Waals surface area contributed by atoms with Crippen LogP contribution in [0, 0.1) is 0 Å². The highest BCUT2D eigenvalue weighted by Crippen LogP contribution is 2.47. The summed E-state index contributed by atoms with van der Waals surface area (Å²) in [4.78, 5) is 23.4. The number of hydrogen-bond donors (Lipinski definition) is 9. The Hall–Kier alpha value is -1.74. The van der Waals surface area contributed by atoms with Gasteiger partial charge in [0.1, 0.15) is 36.6 Å². The van der Waals surface area contributed by atoms with E-state index in [1.54, 1.807) is 6.08 Å². The van der Waals surface area contributed by atoms with Crippen LogP contribution in [0.1, 0.15) is 174 Å². The molecule has 0 aromatic carbocycles. The number of phosphoric acid groups is 1. The quantitative estimate of drug-likeness (QED) is 0.0168. The lowest BCUT2D eigenvalue weighted by atomic mass is 9.85. The molecule has 0 aromatic rings. The van der Waals surface area contributed by atoms with E-state index in [9.17, 15) is 50.0 Å². The first kappa shape index (κ1) is 56.3. The zero-order valence-electron chi connectivity index (χ0n) is 36.9. The molecule has 0 aromatic heterocycles. The van der Waals surface area contributed by atoms with Crippen LogP contribution in [0.2, 0.25) is 0 Å². The van der Waals surface area contributed by atoms with Crippen molar-refractivity contribution in [2.45, 2.75) is 229 Å². The summed E-state index contributed by atoms with van der Waals surface area (Å²) in [5.74, 6) is -0.619. The first-order valence-electron chi connectivity index (χ1n) is 23.2. The minimum atomic E-state index is -5.15. The first-order valence-corrected chi connectivity index (χ1v) is 24.7. The molecule has 14 heteroatoms. The molecule has 1 saturated carbocycles. The molecule has 0 saturated heterocycles. The van der Waals surface area contributed by atoms with Crippen LogP contribution in [0.5, 0.6) is 0 Å². The zero-order chi connectivity index (χ0) is 44.4. The van der Waals surface area contributed by atoms with E-state index in [0.717, 1.165) is 51.4 Å². The molecule has 8 atom stereocenters. The Morgan fingerprint density at radius 3 is 1.50 bits per heavy atom. The van der Waals surface area contributed by atoms with Gasteiger partial charge in [-0.2, -0.15) is 0 Å². The Bertz CT molecular complexity index is 1220. The Labute approximate surface area is 361 Å². The van der Waals surface area contributed by atoms with Gasteiger partial charge in [0.25, 0.3) is 0 Å². The van der Waals surface area contributed by atoms with Crippen LogP contribution in [0.3, 0.4) is 0 Å². The molecule has 0 spiro atoms. The van der Waals surface area contributed by atoms with E-state index < -0.39 is 75.2 Å². The summed E-state index contributed by atoms with van der Waals surface area (Å²) in [5.41, 5.74) is 0. The number of allylic oxidation sites excluding steroid dienone is 7. The number of nitrogens with one attached hydrogen (secondary N) is 1. The minimum Gasteiger partial charge on any atom is -0.393 e. The topological polar surface area (TPSA) is 226 Å². The molecule has 1 fully saturated rings. The monoisotopic (exact) mass is 874 g/mol. The number of amides is 1. The standard InChI is InChI=1S/C46H84NO12P/c1-3-5-7-9-11-13-15-16-17-18-19-20-21-22-23-24-26-28-30-32-34-39(49)38(36-58-60(56,57)59-46-44(54)42(52)41(51)43(53)45(46)55)47-40(50)35-37(48)33-31-29-27-25-14-12-10-8-6-4-2/h12,14,20-21,24,26,32,34,37-39,41-46,48-49,51-55H,3-11,13,15-19,22-23,25,27-31,33,35-36H2,1-2H3,(H,47,50)(H,56,57)/b14-12-,21-20+,26-24+,34-32+. The number of hydrogen-bond acceptors (Lipinski definition) is 11. The molecular formula is C46H84NO12P. The van der Waals surface area contributed by atoms with Crippen molar-refractivity contribution in [2.75, 3.05) is 6.61 Å². The normalized spacial score (nSPS) is 23.8. The van der Waals surface area contributed by atoms with Crippen molar-refractivity contribution in [2.24, 2.45) is 0 Å². The van der Waals surface area contributed by atoms with Crippen LogP contribution in [-0.2, 0) is 18.4 Å². The van der Waals surface area contributed by atoms with Gasteiger partial charge in [-0.05, 0) is 70.6 Å². The van der Waals surface area contributed by atoms with E-state index in [-0.39, 0.29) is 6.42 Å². The van der Waals surface area contributed by atoms with E-state index in [1.165, 1.54) is 89.5 Å². The molecule has 0 aliphatic heterocycles. The largest absolute Gasteiger partial charge is 0.472 e. The molecular weight excluding hydrogens is 789 g/mol. The van der Waals surface area contributed by atoms with Gasteiger partial charge >= 0.3 is 7.82 Å². The van der Waals surface area contributed by atoms with Crippen molar-refractivity contribution in [1.82, 2.24) is 5.32 Å². The maximum atomic E-state index is 12.9. The summed E-state index contributed by atoms with van der Waals surface area (Å²) < 4.78 is 22.8. The Morgan fingerprint density at radius 1 is 0.583 bits per heavy atom. The van der Waals surface area contributed by atoms with Gasteiger partial charge in [0.2, 0.25) is 5.91 Å². The average Bonchev–Trinajstić information content (AvgIpc) is 3.22. The summed E-state index contributed by atoms with van der Waals surface area (Å²) in [5, 5.41) is 74.3. The Balaban J connectivity index is 2.59. The summed E-state index contributed by atoms with van der Waals surface area (Å²) in [6, 6.07) is -1.27. The fourth-order valence-corrected chi connectivity index (χ4v) is 8.00. The lowest BCUT2D eigenvalue weighted by Gasteiger charge is -2.41. The number of aliphatic hydroxyl groups is 7. The number of phosphoric ester groups is 1. The second-order valence-corrected chi connectivity index (χ2v) is 17.8. The van der Waals surface area contributed by atoms with Gasteiger partial charge in [0.15, 0.2) is 0 Å². The van der Waals surface area contributed by atoms with E-state index in [0.29, 0.717) is 19.3 Å². The van der Waals surface area contributed by atoms with Crippen LogP contribution in [0.25, 0.3) is 0 Å². The van der Waals surface area contributed by atoms with Crippen LogP contribution in [-0.4, -0.2) is 108 Å². The molecule has 13 nitrogen and oxygen atoms in total. The molecule has 0 bridgehead atoms. The van der Waals surface area contributed by atoms with Crippen LogP contribution in [0.15, 0.2) is 48.6 Å². The summed E-state index contributed by atoms with van der Waals surface area (Å²) in [6.45, 7) is 3.67. The van der Waals surface area contributed by atoms with Crippen molar-refractivity contribution in [1.29, 1.82) is 0 Å². The molecule has 60 heavy (non-hydrogen) atoms. The SMILES string of the molecule is CCCCC/C=C\CCCCCC(O)CC(=O)NC(COP(=O)(O)OC1C(O)C(O)C(O)C(O)C1O)C(O)/C=C/CC/C=C/CC/C=C/CCCCCCCCCCCC. The van der Waals surface area contributed by atoms with Gasteiger partial charge in [0.05, 0.1) is 31.3 Å². The third-order valence-electron chi connectivity index (χ3n) is 10.9. The van der Waals surface area contributed by atoms with Gasteiger partial charge in [-0.1, -0.05) is 146 Å². The van der Waals surface area contributed by atoms with Crippen LogP contribution < -0.4 is 5.32 Å². The lowest BCUT2D eigenvalue weighted by molar-refractivity contribution is -0.220. The first-order chi connectivity index (χ1) is 28.8. The van der Waals surface area contributed by atoms with Crippen molar-refractivity contribution in [3.05, 3.63) is 48.6 Å².